The first-order valence-corrected chi connectivity index (χ1v) is 8.37. The number of nitrogens with one attached hydrogen (secondary N) is 2. The average Bonchev–Trinajstić information content (AvgIpc) is 2.40. The van der Waals surface area contributed by atoms with E-state index in [9.17, 15) is 13.2 Å². The van der Waals surface area contributed by atoms with Gasteiger partial charge in [0.05, 0.1) is 4.90 Å². The minimum absolute atomic E-state index is 0.0902. The van der Waals surface area contributed by atoms with Crippen molar-refractivity contribution in [2.24, 2.45) is 0 Å². The number of amides is 1. The monoisotopic (exact) mass is 311 g/mol. The second kappa shape index (κ2) is 6.13. The van der Waals surface area contributed by atoms with E-state index in [0.717, 1.165) is 0 Å². The maximum absolute atomic E-state index is 12.8. The number of nitrogens with zero attached hydrogens (tertiary/aromatic N) is 1. The van der Waals surface area contributed by atoms with Crippen molar-refractivity contribution in [2.75, 3.05) is 25.0 Å². The molecule has 1 atom stereocenters. The third-order valence-electron chi connectivity index (χ3n) is 3.54. The molecule has 1 saturated heterocycles. The smallest absolute Gasteiger partial charge is 0.243 e. The standard InChI is InChI=1S/C14H21N3O3S/c1-10-4-5-13(16-12(3)18)8-14(10)21(19,20)17-7-6-15-9-11(17)2/h4-5,8,11,15H,6-7,9H2,1-3H3,(H,16,18)/t11-/m0/s1. The van der Waals surface area contributed by atoms with E-state index >= 15 is 0 Å². The number of carbonyl (C=O) groups excluding carboxylic acids is 1. The number of rotatable bonds is 3. The highest BCUT2D eigenvalue weighted by molar-refractivity contribution is 7.89. The van der Waals surface area contributed by atoms with Gasteiger partial charge in [-0.05, 0) is 31.5 Å². The summed E-state index contributed by atoms with van der Waals surface area (Å²) in [4.78, 5) is 11.4. The van der Waals surface area contributed by atoms with E-state index in [0.29, 0.717) is 30.9 Å². The lowest BCUT2D eigenvalue weighted by molar-refractivity contribution is -0.114. The fraction of sp³-hybridized carbons (Fsp3) is 0.500. The Labute approximate surface area is 125 Å². The predicted molar refractivity (Wildman–Crippen MR) is 81.7 cm³/mol. The van der Waals surface area contributed by atoms with Crippen LogP contribution in [0.3, 0.4) is 0 Å². The van der Waals surface area contributed by atoms with Gasteiger partial charge in [0.1, 0.15) is 0 Å². The molecule has 0 aromatic heterocycles. The molecule has 0 radical (unpaired) electrons. The molecule has 0 bridgehead atoms. The first-order chi connectivity index (χ1) is 9.82. The Morgan fingerprint density at radius 2 is 2.14 bits per heavy atom. The molecular formula is C14H21N3O3S. The quantitative estimate of drug-likeness (QED) is 0.870. The zero-order valence-electron chi connectivity index (χ0n) is 12.5. The molecule has 1 aromatic carbocycles. The lowest BCUT2D eigenvalue weighted by atomic mass is 10.2. The van der Waals surface area contributed by atoms with E-state index in [1.54, 1.807) is 19.1 Å². The largest absolute Gasteiger partial charge is 0.326 e. The van der Waals surface area contributed by atoms with E-state index in [1.165, 1.54) is 17.3 Å². The summed E-state index contributed by atoms with van der Waals surface area (Å²) in [5.74, 6) is -0.224. The van der Waals surface area contributed by atoms with Crippen molar-refractivity contribution in [2.45, 2.75) is 31.7 Å². The van der Waals surface area contributed by atoms with E-state index in [2.05, 4.69) is 10.6 Å². The minimum Gasteiger partial charge on any atom is -0.326 e. The van der Waals surface area contributed by atoms with Crippen LogP contribution in [0.1, 0.15) is 19.4 Å². The molecule has 1 amide bonds. The summed E-state index contributed by atoms with van der Waals surface area (Å²) in [6, 6.07) is 4.86. The molecule has 6 nitrogen and oxygen atoms in total. The predicted octanol–water partition coefficient (Wildman–Crippen LogP) is 0.936. The highest BCUT2D eigenvalue weighted by Gasteiger charge is 2.32. The summed E-state index contributed by atoms with van der Waals surface area (Å²) in [5.41, 5.74) is 1.17. The molecule has 1 aliphatic rings. The van der Waals surface area contributed by atoms with Gasteiger partial charge in [-0.3, -0.25) is 4.79 Å². The Bertz CT molecular complexity index is 643. The molecule has 2 N–H and O–H groups in total. The SMILES string of the molecule is CC(=O)Nc1ccc(C)c(S(=O)(=O)N2CCNC[C@@H]2C)c1. The first-order valence-electron chi connectivity index (χ1n) is 6.93. The van der Waals surface area contributed by atoms with Crippen molar-refractivity contribution in [1.29, 1.82) is 0 Å². The lowest BCUT2D eigenvalue weighted by Gasteiger charge is -2.33. The van der Waals surface area contributed by atoms with Crippen LogP contribution in [0.25, 0.3) is 0 Å². The molecule has 116 valence electrons. The molecule has 7 heteroatoms. The maximum Gasteiger partial charge on any atom is 0.243 e. The van der Waals surface area contributed by atoms with Crippen molar-refractivity contribution >= 4 is 21.6 Å². The average molecular weight is 311 g/mol. The Kier molecular flexibility index (Phi) is 4.65. The molecule has 1 heterocycles. The van der Waals surface area contributed by atoms with Crippen LogP contribution in [0.15, 0.2) is 23.1 Å². The lowest BCUT2D eigenvalue weighted by Crippen LogP contribution is -2.52. The molecule has 2 rings (SSSR count). The highest BCUT2D eigenvalue weighted by atomic mass is 32.2. The molecule has 0 unspecified atom stereocenters. The summed E-state index contributed by atoms with van der Waals surface area (Å²) >= 11 is 0. The third-order valence-corrected chi connectivity index (χ3v) is 5.69. The normalized spacial score (nSPS) is 20.2. The van der Waals surface area contributed by atoms with Crippen LogP contribution < -0.4 is 10.6 Å². The van der Waals surface area contributed by atoms with Gasteiger partial charge in [-0.2, -0.15) is 4.31 Å². The number of hydrogen-bond donors (Lipinski definition) is 2. The Balaban J connectivity index is 2.41. The summed E-state index contributed by atoms with van der Waals surface area (Å²) in [5, 5.41) is 5.80. The van der Waals surface area contributed by atoms with Crippen molar-refractivity contribution in [3.8, 4) is 0 Å². The Hall–Kier alpha value is -1.44. The number of hydrogen-bond acceptors (Lipinski definition) is 4. The molecule has 0 aliphatic carbocycles. The van der Waals surface area contributed by atoms with E-state index in [-0.39, 0.29) is 16.8 Å². The van der Waals surface area contributed by atoms with Crippen LogP contribution in [0.4, 0.5) is 5.69 Å². The molecule has 1 aromatic rings. The number of benzene rings is 1. The van der Waals surface area contributed by atoms with Gasteiger partial charge < -0.3 is 10.6 Å². The van der Waals surface area contributed by atoms with Crippen molar-refractivity contribution in [3.05, 3.63) is 23.8 Å². The van der Waals surface area contributed by atoms with Gasteiger partial charge in [0.2, 0.25) is 15.9 Å². The van der Waals surface area contributed by atoms with E-state index in [1.807, 2.05) is 6.92 Å². The second-order valence-corrected chi connectivity index (χ2v) is 7.19. The molecule has 1 aliphatic heterocycles. The Morgan fingerprint density at radius 1 is 1.43 bits per heavy atom. The molecular weight excluding hydrogens is 290 g/mol. The van der Waals surface area contributed by atoms with Gasteiger partial charge >= 0.3 is 0 Å². The summed E-state index contributed by atoms with van der Waals surface area (Å²) < 4.78 is 27.2. The first kappa shape index (κ1) is 15.9. The van der Waals surface area contributed by atoms with Crippen molar-refractivity contribution in [1.82, 2.24) is 9.62 Å². The third kappa shape index (κ3) is 3.42. The van der Waals surface area contributed by atoms with Gasteiger partial charge in [-0.1, -0.05) is 6.07 Å². The fourth-order valence-corrected chi connectivity index (χ4v) is 4.35. The van der Waals surface area contributed by atoms with Crippen LogP contribution in [0, 0.1) is 6.92 Å². The molecule has 0 saturated carbocycles. The number of carbonyl (C=O) groups is 1. The van der Waals surface area contributed by atoms with Gasteiger partial charge in [-0.25, -0.2) is 8.42 Å². The van der Waals surface area contributed by atoms with Gasteiger partial charge in [0.25, 0.3) is 0 Å². The zero-order chi connectivity index (χ0) is 15.6. The second-order valence-electron chi connectivity index (χ2n) is 5.33. The Morgan fingerprint density at radius 3 is 2.76 bits per heavy atom. The fourth-order valence-electron chi connectivity index (χ4n) is 2.46. The van der Waals surface area contributed by atoms with Gasteiger partial charge in [0, 0.05) is 38.3 Å². The number of aryl methyl sites for hydroxylation is 1. The van der Waals surface area contributed by atoms with Crippen molar-refractivity contribution in [3.63, 3.8) is 0 Å². The highest BCUT2D eigenvalue weighted by Crippen LogP contribution is 2.25. The summed E-state index contributed by atoms with van der Waals surface area (Å²) in [6.07, 6.45) is 0. The van der Waals surface area contributed by atoms with E-state index < -0.39 is 10.0 Å². The van der Waals surface area contributed by atoms with Crippen LogP contribution in [-0.2, 0) is 14.8 Å². The molecule has 0 spiro atoms. The summed E-state index contributed by atoms with van der Waals surface area (Å²) in [6.45, 7) is 6.78. The number of sulfonamides is 1. The van der Waals surface area contributed by atoms with Crippen LogP contribution in [0.2, 0.25) is 0 Å². The van der Waals surface area contributed by atoms with Crippen molar-refractivity contribution < 1.29 is 13.2 Å². The van der Waals surface area contributed by atoms with Gasteiger partial charge in [0.15, 0.2) is 0 Å². The topological polar surface area (TPSA) is 78.5 Å². The maximum atomic E-state index is 12.8. The number of piperazine rings is 1. The van der Waals surface area contributed by atoms with Crippen LogP contribution >= 0.6 is 0 Å². The number of anilines is 1. The van der Waals surface area contributed by atoms with Gasteiger partial charge in [-0.15, -0.1) is 0 Å². The van der Waals surface area contributed by atoms with E-state index in [4.69, 9.17) is 0 Å². The summed E-state index contributed by atoms with van der Waals surface area (Å²) in [7, 11) is -3.56. The minimum atomic E-state index is -3.56. The van der Waals surface area contributed by atoms with Crippen LogP contribution in [-0.4, -0.2) is 44.3 Å². The molecule has 1 fully saturated rings. The molecule has 21 heavy (non-hydrogen) atoms. The zero-order valence-corrected chi connectivity index (χ0v) is 13.3. The van der Waals surface area contributed by atoms with Crippen LogP contribution in [0.5, 0.6) is 0 Å².